The molecule has 8 nitrogen and oxygen atoms in total. The van der Waals surface area contributed by atoms with E-state index in [1.165, 1.54) is 30.9 Å². The second-order valence-corrected chi connectivity index (χ2v) is 5.15. The Morgan fingerprint density at radius 3 is 2.94 bits per heavy atom. The number of aromatic nitrogens is 3. The number of carbonyl (C=O) groups is 1. The summed E-state index contributed by atoms with van der Waals surface area (Å²) in [4.78, 5) is 13.2. The quantitative estimate of drug-likeness (QED) is 0.712. The van der Waals surface area contributed by atoms with E-state index in [0.717, 1.165) is 4.68 Å². The highest BCUT2D eigenvalue weighted by atomic mass is 32.2. The maximum atomic E-state index is 11.8. The van der Waals surface area contributed by atoms with Crippen LogP contribution in [0, 0.1) is 0 Å². The van der Waals surface area contributed by atoms with Gasteiger partial charge in [-0.3, -0.25) is 14.2 Å². The molecule has 0 unspecified atom stereocenters. The number of hydrogen-bond acceptors (Lipinski definition) is 4. The molecule has 2 heterocycles. The van der Waals surface area contributed by atoms with Gasteiger partial charge < -0.3 is 10.1 Å². The van der Waals surface area contributed by atoms with Gasteiger partial charge in [0, 0.05) is 18.6 Å². The lowest BCUT2D eigenvalue weighted by atomic mass is 10.6. The van der Waals surface area contributed by atoms with Gasteiger partial charge in [0.05, 0.1) is 11.9 Å². The van der Waals surface area contributed by atoms with Gasteiger partial charge in [-0.15, -0.1) is 0 Å². The summed E-state index contributed by atoms with van der Waals surface area (Å²) >= 11 is 0. The maximum Gasteiger partial charge on any atom is 0.325 e. The fraction of sp³-hybridized carbons (Fsp3) is 0.111. The van der Waals surface area contributed by atoms with Gasteiger partial charge in [-0.25, -0.2) is 8.42 Å². The Hall–Kier alpha value is -2.29. The van der Waals surface area contributed by atoms with Crippen molar-refractivity contribution < 1.29 is 18.3 Å². The van der Waals surface area contributed by atoms with Crippen LogP contribution in [0.2, 0.25) is 0 Å². The van der Waals surface area contributed by atoms with Gasteiger partial charge in [0.2, 0.25) is 0 Å². The van der Waals surface area contributed by atoms with Crippen LogP contribution in [-0.4, -0.2) is 34.3 Å². The van der Waals surface area contributed by atoms with Gasteiger partial charge in [0.25, 0.3) is 10.0 Å². The van der Waals surface area contributed by atoms with Gasteiger partial charge in [-0.05, 0) is 6.07 Å². The van der Waals surface area contributed by atoms with E-state index in [4.69, 9.17) is 5.11 Å². The molecular formula is C9H10N4O4S. The second-order valence-electron chi connectivity index (χ2n) is 3.47. The second kappa shape index (κ2) is 4.53. The molecule has 2 aromatic rings. The van der Waals surface area contributed by atoms with Crippen molar-refractivity contribution in [3.8, 4) is 0 Å². The molecule has 0 spiro atoms. The van der Waals surface area contributed by atoms with E-state index in [-0.39, 0.29) is 17.1 Å². The zero-order valence-corrected chi connectivity index (χ0v) is 9.88. The number of aromatic amines is 1. The minimum Gasteiger partial charge on any atom is -0.480 e. The van der Waals surface area contributed by atoms with Crippen LogP contribution < -0.4 is 4.72 Å². The number of nitrogens with one attached hydrogen (secondary N) is 2. The molecule has 0 aliphatic carbocycles. The Morgan fingerprint density at radius 2 is 2.33 bits per heavy atom. The predicted molar refractivity (Wildman–Crippen MR) is 61.5 cm³/mol. The van der Waals surface area contributed by atoms with E-state index < -0.39 is 16.0 Å². The van der Waals surface area contributed by atoms with E-state index in [2.05, 4.69) is 14.8 Å². The number of hydrogen-bond donors (Lipinski definition) is 3. The number of carboxylic acid groups (broad SMARTS) is 1. The molecule has 2 rings (SSSR count). The number of carboxylic acids is 1. The topological polar surface area (TPSA) is 117 Å². The van der Waals surface area contributed by atoms with E-state index in [1.54, 1.807) is 0 Å². The molecule has 0 amide bonds. The van der Waals surface area contributed by atoms with Crippen LogP contribution in [0.15, 0.2) is 35.7 Å². The fourth-order valence-corrected chi connectivity index (χ4v) is 2.34. The highest BCUT2D eigenvalue weighted by Crippen LogP contribution is 2.14. The molecule has 96 valence electrons. The summed E-state index contributed by atoms with van der Waals surface area (Å²) < 4.78 is 27.0. The highest BCUT2D eigenvalue weighted by Gasteiger charge is 2.15. The molecular weight excluding hydrogens is 260 g/mol. The summed E-state index contributed by atoms with van der Waals surface area (Å²) in [6.07, 6.45) is 5.37. The van der Waals surface area contributed by atoms with Crippen molar-refractivity contribution in [3.63, 3.8) is 0 Å². The van der Waals surface area contributed by atoms with E-state index in [1.807, 2.05) is 0 Å². The number of aliphatic carboxylic acids is 1. The van der Waals surface area contributed by atoms with Crippen molar-refractivity contribution >= 4 is 21.7 Å². The molecule has 18 heavy (non-hydrogen) atoms. The molecule has 0 bridgehead atoms. The predicted octanol–water partition coefficient (Wildman–Crippen LogP) is 0.0966. The lowest BCUT2D eigenvalue weighted by Gasteiger charge is -2.02. The van der Waals surface area contributed by atoms with Crippen molar-refractivity contribution in [1.82, 2.24) is 14.8 Å². The van der Waals surface area contributed by atoms with Crippen molar-refractivity contribution in [2.24, 2.45) is 0 Å². The lowest BCUT2D eigenvalue weighted by molar-refractivity contribution is -0.137. The van der Waals surface area contributed by atoms with Crippen LogP contribution in [0.3, 0.4) is 0 Å². The summed E-state index contributed by atoms with van der Waals surface area (Å²) in [7, 11) is -3.67. The zero-order chi connectivity index (χ0) is 13.2. The molecule has 0 saturated carbocycles. The number of nitrogens with zero attached hydrogens (tertiary/aromatic N) is 2. The number of rotatable bonds is 5. The smallest absolute Gasteiger partial charge is 0.325 e. The SMILES string of the molecule is O=C(O)Cn1cc(NS(=O)(=O)c2cc[nH]c2)cn1. The minimum absolute atomic E-state index is 0.0912. The van der Waals surface area contributed by atoms with Gasteiger partial charge >= 0.3 is 5.97 Å². The Bertz CT molecular complexity index is 644. The van der Waals surface area contributed by atoms with Crippen molar-refractivity contribution in [2.75, 3.05) is 4.72 Å². The molecule has 0 atom stereocenters. The standard InChI is InChI=1S/C9H10N4O4S/c14-9(15)6-13-5-7(3-11-13)12-18(16,17)8-1-2-10-4-8/h1-5,10,12H,6H2,(H,14,15). The molecule has 9 heteroatoms. The van der Waals surface area contributed by atoms with Crippen LogP contribution in [0.4, 0.5) is 5.69 Å². The van der Waals surface area contributed by atoms with Gasteiger partial charge in [-0.2, -0.15) is 5.10 Å². The first-order valence-corrected chi connectivity index (χ1v) is 6.35. The average molecular weight is 270 g/mol. The summed E-state index contributed by atoms with van der Waals surface area (Å²) in [5.74, 6) is -1.06. The molecule has 0 aliphatic rings. The van der Waals surface area contributed by atoms with Crippen LogP contribution in [0.1, 0.15) is 0 Å². The first-order chi connectivity index (χ1) is 8.47. The van der Waals surface area contributed by atoms with Crippen LogP contribution in [0.25, 0.3) is 0 Å². The number of sulfonamides is 1. The monoisotopic (exact) mass is 270 g/mol. The Morgan fingerprint density at radius 1 is 1.56 bits per heavy atom. The highest BCUT2D eigenvalue weighted by molar-refractivity contribution is 7.92. The Kier molecular flexibility index (Phi) is 3.06. The zero-order valence-electron chi connectivity index (χ0n) is 9.07. The molecule has 0 aromatic carbocycles. The summed E-state index contributed by atoms with van der Waals surface area (Å²) in [6.45, 7) is -0.327. The maximum absolute atomic E-state index is 11.8. The third-order valence-electron chi connectivity index (χ3n) is 2.06. The molecule has 3 N–H and O–H groups in total. The summed E-state index contributed by atoms with van der Waals surface area (Å²) in [5.41, 5.74) is 0.206. The minimum atomic E-state index is -3.67. The Labute approximate surface area is 102 Å². The lowest BCUT2D eigenvalue weighted by Crippen LogP contribution is -2.12. The number of anilines is 1. The normalized spacial score (nSPS) is 11.3. The Balaban J connectivity index is 2.15. The summed E-state index contributed by atoms with van der Waals surface area (Å²) in [5, 5.41) is 12.3. The van der Waals surface area contributed by atoms with Crippen molar-refractivity contribution in [2.45, 2.75) is 11.4 Å². The average Bonchev–Trinajstić information content (AvgIpc) is 2.87. The third-order valence-corrected chi connectivity index (χ3v) is 3.44. The van der Waals surface area contributed by atoms with Gasteiger partial charge in [0.15, 0.2) is 0 Å². The first-order valence-electron chi connectivity index (χ1n) is 4.87. The van der Waals surface area contributed by atoms with Crippen LogP contribution in [0.5, 0.6) is 0 Å². The van der Waals surface area contributed by atoms with Crippen LogP contribution >= 0.6 is 0 Å². The van der Waals surface area contributed by atoms with Gasteiger partial charge in [-0.1, -0.05) is 0 Å². The van der Waals surface area contributed by atoms with Gasteiger partial charge in [0.1, 0.15) is 11.4 Å². The molecule has 0 radical (unpaired) electrons. The molecule has 0 fully saturated rings. The first kappa shape index (κ1) is 12.2. The van der Waals surface area contributed by atoms with E-state index in [9.17, 15) is 13.2 Å². The molecule has 0 saturated heterocycles. The third kappa shape index (κ3) is 2.69. The fourth-order valence-electron chi connectivity index (χ4n) is 1.33. The van der Waals surface area contributed by atoms with E-state index in [0.29, 0.717) is 0 Å². The van der Waals surface area contributed by atoms with Crippen molar-refractivity contribution in [1.29, 1.82) is 0 Å². The van der Waals surface area contributed by atoms with Crippen LogP contribution in [-0.2, 0) is 21.4 Å². The number of H-pyrrole nitrogens is 1. The molecule has 2 aromatic heterocycles. The summed E-state index contributed by atoms with van der Waals surface area (Å²) in [6, 6.07) is 1.41. The van der Waals surface area contributed by atoms with E-state index >= 15 is 0 Å². The van der Waals surface area contributed by atoms with Crippen molar-refractivity contribution in [3.05, 3.63) is 30.9 Å². The largest absolute Gasteiger partial charge is 0.480 e. The molecule has 0 aliphatic heterocycles.